The number of amides is 1. The van der Waals surface area contributed by atoms with Crippen molar-refractivity contribution in [2.45, 2.75) is 51.5 Å². The number of thiophene rings is 1. The second-order valence-corrected chi connectivity index (χ2v) is 10.6. The topological polar surface area (TPSA) is 79.6 Å². The minimum absolute atomic E-state index is 0.120. The Morgan fingerprint density at radius 3 is 2.57 bits per heavy atom. The van der Waals surface area contributed by atoms with Crippen LogP contribution in [0.15, 0.2) is 32.9 Å². The van der Waals surface area contributed by atoms with Crippen molar-refractivity contribution in [3.8, 4) is 0 Å². The second-order valence-electron chi connectivity index (χ2n) is 7.84. The highest BCUT2D eigenvalue weighted by atomic mass is 32.2. The molecule has 0 spiro atoms. The molecule has 4 rings (SSSR count). The van der Waals surface area contributed by atoms with Crippen molar-refractivity contribution in [3.63, 3.8) is 0 Å². The van der Waals surface area contributed by atoms with Crippen LogP contribution in [0.1, 0.15) is 51.4 Å². The largest absolute Gasteiger partial charge is 0.449 e. The first-order valence-corrected chi connectivity index (χ1v) is 12.5. The fourth-order valence-corrected chi connectivity index (χ4v) is 6.15. The number of fused-ring (bicyclic) bond motifs is 1. The van der Waals surface area contributed by atoms with Gasteiger partial charge in [0.1, 0.15) is 4.90 Å². The van der Waals surface area contributed by atoms with Gasteiger partial charge < -0.3 is 9.32 Å². The molecule has 30 heavy (non-hydrogen) atoms. The number of carbonyl (C=O) groups is 1. The fraction of sp³-hybridized carbons (Fsp3) is 0.409. The highest BCUT2D eigenvalue weighted by Gasteiger charge is 2.30. The minimum atomic E-state index is -3.83. The summed E-state index contributed by atoms with van der Waals surface area (Å²) >= 11 is 1.50. The summed E-state index contributed by atoms with van der Waals surface area (Å²) in [6.07, 6.45) is 3.09. The van der Waals surface area contributed by atoms with Crippen molar-refractivity contribution in [2.75, 3.05) is 13.1 Å². The Labute approximate surface area is 180 Å². The molecule has 0 aliphatic carbocycles. The van der Waals surface area contributed by atoms with E-state index in [1.54, 1.807) is 11.8 Å². The van der Waals surface area contributed by atoms with Crippen molar-refractivity contribution >= 4 is 38.2 Å². The Morgan fingerprint density at radius 2 is 1.90 bits per heavy atom. The molecule has 1 amide bonds. The van der Waals surface area contributed by atoms with Gasteiger partial charge in [-0.1, -0.05) is 6.07 Å². The maximum absolute atomic E-state index is 13.2. The van der Waals surface area contributed by atoms with E-state index < -0.39 is 10.0 Å². The molecule has 1 saturated heterocycles. The third-order valence-electron chi connectivity index (χ3n) is 5.82. The van der Waals surface area contributed by atoms with Crippen molar-refractivity contribution < 1.29 is 17.6 Å². The average molecular weight is 447 g/mol. The van der Waals surface area contributed by atoms with Crippen molar-refractivity contribution in [1.82, 2.24) is 9.62 Å². The van der Waals surface area contributed by atoms with Gasteiger partial charge in [0, 0.05) is 35.5 Å². The highest BCUT2D eigenvalue weighted by molar-refractivity contribution is 7.89. The minimum Gasteiger partial charge on any atom is -0.449 e. The number of hydrogen-bond acceptors (Lipinski definition) is 5. The van der Waals surface area contributed by atoms with Crippen LogP contribution in [0.25, 0.3) is 11.0 Å². The van der Waals surface area contributed by atoms with Crippen LogP contribution in [0, 0.1) is 20.8 Å². The van der Waals surface area contributed by atoms with Gasteiger partial charge in [0.05, 0.1) is 0 Å². The highest BCUT2D eigenvalue weighted by Crippen LogP contribution is 2.35. The average Bonchev–Trinajstić information content (AvgIpc) is 3.36. The Morgan fingerprint density at radius 1 is 1.17 bits per heavy atom. The molecule has 8 heteroatoms. The summed E-state index contributed by atoms with van der Waals surface area (Å²) in [5, 5.41) is 2.59. The predicted molar refractivity (Wildman–Crippen MR) is 119 cm³/mol. The first kappa shape index (κ1) is 21.1. The Kier molecular flexibility index (Phi) is 5.74. The van der Waals surface area contributed by atoms with E-state index in [9.17, 15) is 13.2 Å². The lowest BCUT2D eigenvalue weighted by Gasteiger charge is -2.25. The van der Waals surface area contributed by atoms with Crippen LogP contribution < -0.4 is 4.72 Å². The number of sulfonamides is 1. The molecule has 1 aromatic carbocycles. The van der Waals surface area contributed by atoms with E-state index in [1.807, 2.05) is 37.4 Å². The third kappa shape index (κ3) is 3.79. The summed E-state index contributed by atoms with van der Waals surface area (Å²) in [6, 6.07) is 5.69. The van der Waals surface area contributed by atoms with Gasteiger partial charge in [0.2, 0.25) is 10.0 Å². The lowest BCUT2D eigenvalue weighted by atomic mass is 10.0. The predicted octanol–water partition coefficient (Wildman–Crippen LogP) is 4.52. The first-order valence-electron chi connectivity index (χ1n) is 10.1. The van der Waals surface area contributed by atoms with Gasteiger partial charge in [-0.05, 0) is 68.7 Å². The van der Waals surface area contributed by atoms with Crippen LogP contribution >= 0.6 is 11.3 Å². The van der Waals surface area contributed by atoms with Crippen LogP contribution in [0.2, 0.25) is 0 Å². The number of piperidine rings is 1. The van der Waals surface area contributed by atoms with Gasteiger partial charge in [-0.3, -0.25) is 4.79 Å². The van der Waals surface area contributed by atoms with Crippen LogP contribution in [0.3, 0.4) is 0 Å². The smallest absolute Gasteiger partial charge is 0.289 e. The summed E-state index contributed by atoms with van der Waals surface area (Å²) in [5.74, 6) is 0.0835. The standard InChI is InChI=1S/C22H26N2O4S2/c1-14-12-18-16(3)19(22(25)24-9-5-4-6-10-24)28-20(18)21(15(14)2)30(26,27)23-13-17-8-7-11-29-17/h7-8,11-12,23H,4-6,9-10,13H2,1-3H3. The molecule has 3 aromatic rings. The number of hydrogen-bond donors (Lipinski definition) is 1. The molecule has 0 atom stereocenters. The molecule has 6 nitrogen and oxygen atoms in total. The fourth-order valence-electron chi connectivity index (χ4n) is 3.96. The van der Waals surface area contributed by atoms with E-state index in [0.717, 1.165) is 29.7 Å². The molecule has 0 unspecified atom stereocenters. The van der Waals surface area contributed by atoms with E-state index in [0.29, 0.717) is 29.6 Å². The molecular weight excluding hydrogens is 420 g/mol. The van der Waals surface area contributed by atoms with E-state index in [2.05, 4.69) is 4.72 Å². The molecule has 1 N–H and O–H groups in total. The number of aryl methyl sites for hydroxylation is 2. The van der Waals surface area contributed by atoms with Crippen LogP contribution in [-0.4, -0.2) is 32.3 Å². The summed E-state index contributed by atoms with van der Waals surface area (Å²) in [4.78, 5) is 15.9. The number of benzene rings is 1. The lowest BCUT2D eigenvalue weighted by Crippen LogP contribution is -2.35. The van der Waals surface area contributed by atoms with Crippen molar-refractivity contribution in [3.05, 3.63) is 50.9 Å². The summed E-state index contributed by atoms with van der Waals surface area (Å²) in [6.45, 7) is 7.12. The maximum atomic E-state index is 13.2. The number of carbonyl (C=O) groups excluding carboxylic acids is 1. The van der Waals surface area contributed by atoms with Gasteiger partial charge in [-0.15, -0.1) is 11.3 Å². The van der Waals surface area contributed by atoms with Crippen LogP contribution in [0.5, 0.6) is 0 Å². The molecular formula is C22H26N2O4S2. The van der Waals surface area contributed by atoms with Gasteiger partial charge in [-0.25, -0.2) is 13.1 Å². The molecule has 0 saturated carbocycles. The summed E-state index contributed by atoms with van der Waals surface area (Å²) in [5.41, 5.74) is 2.43. The maximum Gasteiger partial charge on any atom is 0.289 e. The van der Waals surface area contributed by atoms with E-state index in [-0.39, 0.29) is 28.7 Å². The quantitative estimate of drug-likeness (QED) is 0.625. The zero-order chi connectivity index (χ0) is 21.5. The summed E-state index contributed by atoms with van der Waals surface area (Å²) in [7, 11) is -3.83. The van der Waals surface area contributed by atoms with E-state index in [1.165, 1.54) is 11.3 Å². The molecule has 160 valence electrons. The third-order valence-corrected chi connectivity index (χ3v) is 8.25. The van der Waals surface area contributed by atoms with Crippen molar-refractivity contribution in [1.29, 1.82) is 0 Å². The molecule has 1 aliphatic heterocycles. The van der Waals surface area contributed by atoms with Gasteiger partial charge in [0.15, 0.2) is 11.3 Å². The Bertz CT molecular complexity index is 1190. The summed E-state index contributed by atoms with van der Waals surface area (Å²) < 4.78 is 35.2. The molecule has 1 fully saturated rings. The van der Waals surface area contributed by atoms with E-state index in [4.69, 9.17) is 4.42 Å². The normalized spacial score (nSPS) is 15.1. The molecule has 2 aromatic heterocycles. The number of rotatable bonds is 5. The number of nitrogens with one attached hydrogen (secondary N) is 1. The number of nitrogens with zero attached hydrogens (tertiary/aromatic N) is 1. The van der Waals surface area contributed by atoms with Gasteiger partial charge in [-0.2, -0.15) is 0 Å². The van der Waals surface area contributed by atoms with Crippen LogP contribution in [-0.2, 0) is 16.6 Å². The number of likely N-dealkylation sites (tertiary alicyclic amines) is 1. The molecule has 1 aliphatic rings. The van der Waals surface area contributed by atoms with Crippen molar-refractivity contribution in [2.24, 2.45) is 0 Å². The van der Waals surface area contributed by atoms with Gasteiger partial charge in [0.25, 0.3) is 5.91 Å². The van der Waals surface area contributed by atoms with Crippen LogP contribution in [0.4, 0.5) is 0 Å². The second kappa shape index (κ2) is 8.17. The Hall–Kier alpha value is -2.16. The monoisotopic (exact) mass is 446 g/mol. The molecule has 0 bridgehead atoms. The zero-order valence-corrected chi connectivity index (χ0v) is 19.1. The Balaban J connectivity index is 1.79. The lowest BCUT2D eigenvalue weighted by molar-refractivity contribution is 0.0693. The molecule has 0 radical (unpaired) electrons. The SMILES string of the molecule is Cc1cc2c(C)c(C(=O)N3CCCCC3)oc2c(S(=O)(=O)NCc2cccs2)c1C. The zero-order valence-electron chi connectivity index (χ0n) is 17.4. The van der Waals surface area contributed by atoms with Gasteiger partial charge >= 0.3 is 0 Å². The first-order chi connectivity index (χ1) is 14.3. The van der Waals surface area contributed by atoms with E-state index >= 15 is 0 Å². The number of furan rings is 1. The molecule has 3 heterocycles.